The molecule has 0 amide bonds. The molecule has 2 N–H and O–H groups in total. The summed E-state index contributed by atoms with van der Waals surface area (Å²) in [7, 11) is 0. The Bertz CT molecular complexity index is 865. The fourth-order valence-corrected chi connectivity index (χ4v) is 2.21. The third kappa shape index (κ3) is 2.37. The Morgan fingerprint density at radius 1 is 1.00 bits per heavy atom. The summed E-state index contributed by atoms with van der Waals surface area (Å²) in [5.74, 6) is 0. The predicted octanol–water partition coefficient (Wildman–Crippen LogP) is 3.23. The summed E-state index contributed by atoms with van der Waals surface area (Å²) in [6.45, 7) is 5.49. The lowest BCUT2D eigenvalue weighted by Crippen LogP contribution is -2.13. The lowest BCUT2D eigenvalue weighted by Gasteiger charge is -1.99. The smallest absolute Gasteiger partial charge is 0.293 e. The highest BCUT2D eigenvalue weighted by Gasteiger charge is 2.12. The van der Waals surface area contributed by atoms with E-state index < -0.39 is 0 Å². The topological polar surface area (TPSA) is 91.2 Å². The lowest BCUT2D eigenvalue weighted by molar-refractivity contribution is 0.835. The van der Waals surface area contributed by atoms with Gasteiger partial charge in [-0.2, -0.15) is 5.10 Å². The van der Waals surface area contributed by atoms with Crippen LogP contribution in [0.15, 0.2) is 45.4 Å². The van der Waals surface area contributed by atoms with Crippen molar-refractivity contribution in [1.82, 2.24) is 20.0 Å². The number of hydrogen-bond acceptors (Lipinski definition) is 4. The third-order valence-corrected chi connectivity index (χ3v) is 3.39. The van der Waals surface area contributed by atoms with E-state index in [4.69, 9.17) is 0 Å². The van der Waals surface area contributed by atoms with Gasteiger partial charge in [-0.05, 0) is 32.9 Å². The van der Waals surface area contributed by atoms with Crippen LogP contribution in [0.5, 0.6) is 0 Å². The first-order valence-electron chi connectivity index (χ1n) is 6.88. The first-order valence-corrected chi connectivity index (χ1v) is 6.88. The maximum atomic E-state index is 12.5. The third-order valence-electron chi connectivity index (χ3n) is 3.39. The van der Waals surface area contributed by atoms with E-state index >= 15 is 0 Å². The van der Waals surface area contributed by atoms with Gasteiger partial charge in [0.25, 0.3) is 5.56 Å². The highest BCUT2D eigenvalue weighted by molar-refractivity contribution is 5.47. The summed E-state index contributed by atoms with van der Waals surface area (Å²) in [6.07, 6.45) is 0. The molecule has 0 spiro atoms. The van der Waals surface area contributed by atoms with Crippen LogP contribution in [0.2, 0.25) is 0 Å². The fraction of sp³-hybridized carbons (Fsp3) is 0.200. The van der Waals surface area contributed by atoms with Crippen LogP contribution in [0, 0.1) is 20.8 Å². The van der Waals surface area contributed by atoms with Crippen LogP contribution in [0.4, 0.5) is 11.4 Å². The van der Waals surface area contributed by atoms with Crippen LogP contribution in [0.25, 0.3) is 5.69 Å². The number of aromatic amines is 2. The maximum Gasteiger partial charge on any atom is 0.299 e. The molecule has 2 heterocycles. The van der Waals surface area contributed by atoms with Gasteiger partial charge in [0.15, 0.2) is 5.69 Å². The molecular formula is C15H16N6O. The predicted molar refractivity (Wildman–Crippen MR) is 83.4 cm³/mol. The van der Waals surface area contributed by atoms with E-state index in [1.165, 1.54) is 4.68 Å². The molecule has 0 aliphatic rings. The van der Waals surface area contributed by atoms with Crippen molar-refractivity contribution in [2.24, 2.45) is 10.2 Å². The van der Waals surface area contributed by atoms with Crippen molar-refractivity contribution in [2.75, 3.05) is 0 Å². The number of nitrogens with one attached hydrogen (secondary N) is 2. The molecule has 0 radical (unpaired) electrons. The number of para-hydroxylation sites is 1. The van der Waals surface area contributed by atoms with E-state index in [1.807, 2.05) is 44.2 Å². The van der Waals surface area contributed by atoms with E-state index in [2.05, 4.69) is 25.5 Å². The van der Waals surface area contributed by atoms with E-state index in [9.17, 15) is 4.79 Å². The molecule has 3 rings (SSSR count). The Kier molecular flexibility index (Phi) is 3.46. The number of nitrogens with zero attached hydrogens (tertiary/aromatic N) is 4. The lowest BCUT2D eigenvalue weighted by atomic mass is 10.3. The highest BCUT2D eigenvalue weighted by atomic mass is 16.1. The molecule has 0 aliphatic heterocycles. The molecule has 0 unspecified atom stereocenters. The van der Waals surface area contributed by atoms with Gasteiger partial charge in [0.1, 0.15) is 5.69 Å². The minimum atomic E-state index is -0.230. The van der Waals surface area contributed by atoms with Crippen LogP contribution in [0.1, 0.15) is 17.1 Å². The van der Waals surface area contributed by atoms with Gasteiger partial charge in [-0.25, -0.2) is 4.68 Å². The van der Waals surface area contributed by atoms with Crippen molar-refractivity contribution in [2.45, 2.75) is 20.8 Å². The molecule has 0 atom stereocenters. The van der Waals surface area contributed by atoms with E-state index in [1.54, 1.807) is 6.92 Å². The molecule has 0 saturated carbocycles. The zero-order chi connectivity index (χ0) is 15.7. The first-order chi connectivity index (χ1) is 10.6. The summed E-state index contributed by atoms with van der Waals surface area (Å²) in [5.41, 5.74) is 3.71. The molecule has 0 aliphatic carbocycles. The molecular weight excluding hydrogens is 280 g/mol. The molecule has 0 saturated heterocycles. The SMILES string of the molecule is Cc1n[nH]c(C)c1N=Nc1c(C)[nH]n(-c2ccccc2)c1=O. The Hall–Kier alpha value is -2.96. The number of aromatic nitrogens is 4. The molecule has 112 valence electrons. The Morgan fingerprint density at radius 3 is 2.32 bits per heavy atom. The number of H-pyrrole nitrogens is 2. The Labute approximate surface area is 126 Å². The Morgan fingerprint density at radius 2 is 1.68 bits per heavy atom. The largest absolute Gasteiger partial charge is 0.299 e. The maximum absolute atomic E-state index is 12.5. The molecule has 2 aromatic heterocycles. The normalized spacial score (nSPS) is 11.4. The van der Waals surface area contributed by atoms with Crippen LogP contribution in [-0.2, 0) is 0 Å². The van der Waals surface area contributed by atoms with E-state index in [0.29, 0.717) is 17.1 Å². The van der Waals surface area contributed by atoms with Gasteiger partial charge in [0.05, 0.1) is 22.8 Å². The van der Waals surface area contributed by atoms with Crippen LogP contribution < -0.4 is 5.56 Å². The summed E-state index contributed by atoms with van der Waals surface area (Å²) in [5, 5.41) is 18.2. The van der Waals surface area contributed by atoms with Gasteiger partial charge in [-0.1, -0.05) is 18.2 Å². The van der Waals surface area contributed by atoms with Crippen molar-refractivity contribution in [3.8, 4) is 5.69 Å². The minimum absolute atomic E-state index is 0.230. The summed E-state index contributed by atoms with van der Waals surface area (Å²) < 4.78 is 1.46. The Balaban J connectivity index is 2.03. The molecule has 7 nitrogen and oxygen atoms in total. The van der Waals surface area contributed by atoms with Crippen molar-refractivity contribution >= 4 is 11.4 Å². The van der Waals surface area contributed by atoms with Gasteiger partial charge < -0.3 is 0 Å². The molecule has 7 heteroatoms. The molecule has 22 heavy (non-hydrogen) atoms. The summed E-state index contributed by atoms with van der Waals surface area (Å²) in [4.78, 5) is 12.5. The average Bonchev–Trinajstić information content (AvgIpc) is 2.99. The number of rotatable bonds is 3. The second-order valence-corrected chi connectivity index (χ2v) is 5.04. The first kappa shape index (κ1) is 14.0. The number of aryl methyl sites for hydroxylation is 3. The molecule has 0 fully saturated rings. The van der Waals surface area contributed by atoms with Crippen LogP contribution >= 0.6 is 0 Å². The van der Waals surface area contributed by atoms with Gasteiger partial charge >= 0.3 is 0 Å². The zero-order valence-corrected chi connectivity index (χ0v) is 12.6. The molecule has 3 aromatic rings. The summed E-state index contributed by atoms with van der Waals surface area (Å²) in [6, 6.07) is 9.34. The van der Waals surface area contributed by atoms with Gasteiger partial charge in [0.2, 0.25) is 0 Å². The second-order valence-electron chi connectivity index (χ2n) is 5.04. The molecule has 1 aromatic carbocycles. The summed E-state index contributed by atoms with van der Waals surface area (Å²) >= 11 is 0. The quantitative estimate of drug-likeness (QED) is 0.726. The van der Waals surface area contributed by atoms with Gasteiger partial charge in [-0.15, -0.1) is 10.2 Å². The van der Waals surface area contributed by atoms with Crippen molar-refractivity contribution in [3.05, 3.63) is 57.8 Å². The number of hydrogen-bond donors (Lipinski definition) is 2. The number of azo groups is 1. The highest BCUT2D eigenvalue weighted by Crippen LogP contribution is 2.23. The van der Waals surface area contributed by atoms with Gasteiger partial charge in [0, 0.05) is 0 Å². The molecule has 0 bridgehead atoms. The van der Waals surface area contributed by atoms with Crippen LogP contribution in [-0.4, -0.2) is 20.0 Å². The van der Waals surface area contributed by atoms with E-state index in [-0.39, 0.29) is 5.56 Å². The van der Waals surface area contributed by atoms with Crippen molar-refractivity contribution in [1.29, 1.82) is 0 Å². The fourth-order valence-electron chi connectivity index (χ4n) is 2.21. The van der Waals surface area contributed by atoms with Crippen LogP contribution in [0.3, 0.4) is 0 Å². The second kappa shape index (κ2) is 5.44. The van der Waals surface area contributed by atoms with Gasteiger partial charge in [-0.3, -0.25) is 15.0 Å². The van der Waals surface area contributed by atoms with Crippen molar-refractivity contribution in [3.63, 3.8) is 0 Å². The minimum Gasteiger partial charge on any atom is -0.293 e. The zero-order valence-electron chi connectivity index (χ0n) is 12.6. The van der Waals surface area contributed by atoms with Crippen molar-refractivity contribution < 1.29 is 0 Å². The van der Waals surface area contributed by atoms with E-state index in [0.717, 1.165) is 17.1 Å². The monoisotopic (exact) mass is 296 g/mol. The number of benzene rings is 1. The average molecular weight is 296 g/mol. The standard InChI is InChI=1S/C15H16N6O/c1-9-13(10(2)17-16-9)18-19-14-11(3)20-21(15(14)22)12-7-5-4-6-8-12/h4-8,20H,1-3H3,(H,16,17).